The summed E-state index contributed by atoms with van der Waals surface area (Å²) in [5, 5.41) is 0. The number of hydrogen-bond acceptors (Lipinski definition) is 1. The van der Waals surface area contributed by atoms with Crippen molar-refractivity contribution in [3.63, 3.8) is 0 Å². The van der Waals surface area contributed by atoms with Gasteiger partial charge in [-0.1, -0.05) is 66.6 Å². The van der Waals surface area contributed by atoms with Crippen molar-refractivity contribution in [1.29, 1.82) is 0 Å². The van der Waals surface area contributed by atoms with Crippen molar-refractivity contribution in [2.75, 3.05) is 6.61 Å². The van der Waals surface area contributed by atoms with E-state index >= 15 is 0 Å². The van der Waals surface area contributed by atoms with E-state index in [9.17, 15) is 0 Å². The van der Waals surface area contributed by atoms with Gasteiger partial charge in [-0.15, -0.1) is 6.61 Å². The Morgan fingerprint density at radius 2 is 1.53 bits per heavy atom. The molecule has 0 unspecified atom stereocenters. The summed E-state index contributed by atoms with van der Waals surface area (Å²) >= 11 is 0. The Balaban J connectivity index is 0.00000180. The Labute approximate surface area is 139 Å². The first-order chi connectivity index (χ1) is 8.90. The van der Waals surface area contributed by atoms with Crippen LogP contribution in [0.5, 0.6) is 0 Å². The van der Waals surface area contributed by atoms with Gasteiger partial charge in [-0.3, -0.25) is 0 Å². The van der Waals surface area contributed by atoms with E-state index in [1.165, 1.54) is 16.7 Å². The fourth-order valence-corrected chi connectivity index (χ4v) is 1.89. The molecule has 0 bridgehead atoms. The van der Waals surface area contributed by atoms with Crippen LogP contribution in [0.2, 0.25) is 0 Å². The molecule has 2 aromatic rings. The van der Waals surface area contributed by atoms with E-state index in [2.05, 4.69) is 55.5 Å². The standard InChI is InChI=1S/C17H18O.U/c1-2-18-14-6-7-15-10-12-17(13-11-15)16-8-4-3-5-9-16;/h3-5,8-14H,1-2,6-7H2;/q-2;+2. The molecule has 0 aliphatic heterocycles. The maximum atomic E-state index is 5.11. The molecule has 0 saturated heterocycles. The second kappa shape index (κ2) is 9.37. The monoisotopic (exact) mass is 476 g/mol. The fourth-order valence-electron chi connectivity index (χ4n) is 1.89. The maximum Gasteiger partial charge on any atom is 2.00 e. The molecule has 0 heterocycles. The molecular formula is C17H18OU. The van der Waals surface area contributed by atoms with Crippen LogP contribution in [0, 0.1) is 44.6 Å². The van der Waals surface area contributed by atoms with Crippen LogP contribution in [0.4, 0.5) is 0 Å². The average molecular weight is 476 g/mol. The van der Waals surface area contributed by atoms with Gasteiger partial charge >= 0.3 is 31.1 Å². The molecule has 0 amide bonds. The van der Waals surface area contributed by atoms with Crippen LogP contribution in [0.25, 0.3) is 11.1 Å². The third-order valence-electron chi connectivity index (χ3n) is 2.85. The Kier molecular flexibility index (Phi) is 8.14. The number of hydrogen-bond donors (Lipinski definition) is 0. The van der Waals surface area contributed by atoms with Gasteiger partial charge in [-0.2, -0.15) is 6.42 Å². The molecule has 0 atom stereocenters. The number of benzene rings is 2. The van der Waals surface area contributed by atoms with Crippen LogP contribution in [0.3, 0.4) is 0 Å². The van der Waals surface area contributed by atoms with Crippen molar-refractivity contribution in [2.45, 2.75) is 12.8 Å². The van der Waals surface area contributed by atoms with Crippen LogP contribution >= 0.6 is 0 Å². The van der Waals surface area contributed by atoms with E-state index < -0.39 is 0 Å². The number of ether oxygens (including phenoxy) is 1. The molecule has 0 spiro atoms. The Morgan fingerprint density at radius 1 is 0.895 bits per heavy atom. The number of aryl methyl sites for hydroxylation is 1. The van der Waals surface area contributed by atoms with E-state index in [4.69, 9.17) is 4.74 Å². The third-order valence-corrected chi connectivity index (χ3v) is 2.85. The van der Waals surface area contributed by atoms with Gasteiger partial charge in [0.2, 0.25) is 0 Å². The zero-order chi connectivity index (χ0) is 12.6. The van der Waals surface area contributed by atoms with Crippen molar-refractivity contribution in [3.05, 3.63) is 73.7 Å². The van der Waals surface area contributed by atoms with Crippen molar-refractivity contribution >= 4 is 0 Å². The van der Waals surface area contributed by atoms with E-state index in [1.807, 2.05) is 12.7 Å². The quantitative estimate of drug-likeness (QED) is 0.447. The molecule has 0 aliphatic rings. The molecule has 0 radical (unpaired) electrons. The third kappa shape index (κ3) is 5.53. The molecule has 0 aliphatic carbocycles. The molecule has 0 fully saturated rings. The van der Waals surface area contributed by atoms with Crippen molar-refractivity contribution in [1.82, 2.24) is 0 Å². The summed E-state index contributed by atoms with van der Waals surface area (Å²) in [6.07, 6.45) is 1.94. The van der Waals surface area contributed by atoms with Gasteiger partial charge in [0.15, 0.2) is 0 Å². The molecule has 2 aromatic carbocycles. The minimum Gasteiger partial charge on any atom is -0.578 e. The molecule has 0 N–H and O–H groups in total. The maximum absolute atomic E-state index is 5.11. The molecule has 2 heteroatoms. The molecule has 0 saturated carbocycles. The van der Waals surface area contributed by atoms with Crippen LogP contribution in [0.15, 0.2) is 54.6 Å². The second-order valence-electron chi connectivity index (χ2n) is 4.14. The summed E-state index contributed by atoms with van der Waals surface area (Å²) in [4.78, 5) is 0. The van der Waals surface area contributed by atoms with Crippen molar-refractivity contribution in [3.8, 4) is 11.1 Å². The second-order valence-corrected chi connectivity index (χ2v) is 4.14. The summed E-state index contributed by atoms with van der Waals surface area (Å²) in [7, 11) is 0. The minimum absolute atomic E-state index is 0. The summed E-state index contributed by atoms with van der Waals surface area (Å²) in [5.41, 5.74) is 3.85. The summed E-state index contributed by atoms with van der Waals surface area (Å²) in [6.45, 7) is 5.96. The molecule has 0 aromatic heterocycles. The predicted octanol–water partition coefficient (Wildman–Crippen LogP) is 4.30. The zero-order valence-corrected chi connectivity index (χ0v) is 15.2. The van der Waals surface area contributed by atoms with Gasteiger partial charge in [0, 0.05) is 0 Å². The van der Waals surface area contributed by atoms with E-state index in [0.717, 1.165) is 12.8 Å². The van der Waals surface area contributed by atoms with Gasteiger partial charge in [-0.05, 0) is 11.1 Å². The zero-order valence-electron chi connectivity index (χ0n) is 11.0. The smallest absolute Gasteiger partial charge is 0.578 e. The van der Waals surface area contributed by atoms with Gasteiger partial charge < -0.3 is 11.7 Å². The summed E-state index contributed by atoms with van der Waals surface area (Å²) < 4.78 is 5.11. The topological polar surface area (TPSA) is 9.23 Å². The normalized spacial score (nSPS) is 9.95. The van der Waals surface area contributed by atoms with Crippen LogP contribution in [-0.2, 0) is 11.2 Å². The van der Waals surface area contributed by atoms with E-state index in [1.54, 1.807) is 0 Å². The fraction of sp³-hybridized carbons (Fsp3) is 0.176. The van der Waals surface area contributed by atoms with Crippen molar-refractivity contribution < 1.29 is 35.9 Å². The molecule has 96 valence electrons. The van der Waals surface area contributed by atoms with Gasteiger partial charge in [0.25, 0.3) is 0 Å². The summed E-state index contributed by atoms with van der Waals surface area (Å²) in [5.74, 6) is 0. The van der Waals surface area contributed by atoms with Gasteiger partial charge in [0.05, 0.1) is 0 Å². The Morgan fingerprint density at radius 3 is 2.16 bits per heavy atom. The van der Waals surface area contributed by atoms with Crippen LogP contribution in [0.1, 0.15) is 12.0 Å². The van der Waals surface area contributed by atoms with Gasteiger partial charge in [0.1, 0.15) is 0 Å². The molecule has 19 heavy (non-hydrogen) atoms. The Hall–Kier alpha value is -0.548. The largest absolute Gasteiger partial charge is 2.00 e. The SMILES string of the molecule is [CH2-]CO[CH-]CCc1ccc(-c2ccccc2)cc1.[U+2]. The first-order valence-corrected chi connectivity index (χ1v) is 6.27. The number of rotatable bonds is 6. The minimum atomic E-state index is 0. The first kappa shape index (κ1) is 16.5. The summed E-state index contributed by atoms with van der Waals surface area (Å²) in [6, 6.07) is 19.1. The Bertz CT molecular complexity index is 450. The predicted molar refractivity (Wildman–Crippen MR) is 75.8 cm³/mol. The van der Waals surface area contributed by atoms with Crippen LogP contribution < -0.4 is 0 Å². The molecular weight excluding hydrogens is 458 g/mol. The van der Waals surface area contributed by atoms with Gasteiger partial charge in [-0.25, -0.2) is 6.61 Å². The van der Waals surface area contributed by atoms with E-state index in [-0.39, 0.29) is 31.1 Å². The molecule has 1 nitrogen and oxygen atoms in total. The van der Waals surface area contributed by atoms with Crippen molar-refractivity contribution in [2.24, 2.45) is 0 Å². The molecule has 2 rings (SSSR count). The van der Waals surface area contributed by atoms with Crippen LogP contribution in [-0.4, -0.2) is 6.61 Å². The average Bonchev–Trinajstić information content (AvgIpc) is 2.45. The van der Waals surface area contributed by atoms with E-state index in [0.29, 0.717) is 6.61 Å². The first-order valence-electron chi connectivity index (χ1n) is 6.27.